The molecule has 1 saturated heterocycles. The van der Waals surface area contributed by atoms with Crippen molar-refractivity contribution in [2.45, 2.75) is 58.1 Å². The van der Waals surface area contributed by atoms with E-state index in [2.05, 4.69) is 20.4 Å². The summed E-state index contributed by atoms with van der Waals surface area (Å²) in [5.74, 6) is -0.390. The fraction of sp³-hybridized carbons (Fsp3) is 0.500. The number of nitrogens with zero attached hydrogens (tertiary/aromatic N) is 5. The number of aryl methyl sites for hydroxylation is 1. The maximum atomic E-state index is 12.9. The van der Waals surface area contributed by atoms with Gasteiger partial charge in [-0.15, -0.1) is 11.3 Å². The fourth-order valence-corrected chi connectivity index (χ4v) is 5.16. The standard InChI is InChI=1S/C28H37N7O5S/c1-28(2,3)40-27(38)34(11-4-5-20-15-19(6-9-30-20)26-32-21(17-36)18-41-26)12-10-31-25(37)24-23(29)16-35(33-24)22-7-13-39-14-8-22/h6,9,15-18,22H,4-5,7-8,10-14,29H2,1-3H3,(H,31,37). The average Bonchev–Trinajstić information content (AvgIpc) is 3.59. The zero-order valence-corrected chi connectivity index (χ0v) is 24.5. The highest BCUT2D eigenvalue weighted by Crippen LogP contribution is 2.24. The first-order valence-electron chi connectivity index (χ1n) is 13.7. The summed E-state index contributed by atoms with van der Waals surface area (Å²) in [6.07, 6.45) is 6.55. The van der Waals surface area contributed by atoms with Gasteiger partial charge in [0.25, 0.3) is 5.91 Å². The summed E-state index contributed by atoms with van der Waals surface area (Å²) in [5, 5.41) is 9.72. The molecule has 0 atom stereocenters. The number of nitrogen functional groups attached to an aromatic ring is 1. The predicted octanol–water partition coefficient (Wildman–Crippen LogP) is 3.75. The maximum Gasteiger partial charge on any atom is 0.410 e. The Morgan fingerprint density at radius 2 is 2.07 bits per heavy atom. The van der Waals surface area contributed by atoms with E-state index in [0.717, 1.165) is 35.4 Å². The summed E-state index contributed by atoms with van der Waals surface area (Å²) >= 11 is 1.40. The number of thiazole rings is 1. The number of amides is 2. The van der Waals surface area contributed by atoms with Crippen molar-refractivity contribution in [3.63, 3.8) is 0 Å². The third-order valence-electron chi connectivity index (χ3n) is 6.43. The molecule has 0 bridgehead atoms. The Balaban J connectivity index is 1.33. The van der Waals surface area contributed by atoms with Crippen molar-refractivity contribution < 1.29 is 23.9 Å². The van der Waals surface area contributed by atoms with Crippen LogP contribution in [0.5, 0.6) is 0 Å². The number of carbonyl (C=O) groups excluding carboxylic acids is 3. The van der Waals surface area contributed by atoms with E-state index in [9.17, 15) is 14.4 Å². The van der Waals surface area contributed by atoms with Gasteiger partial charge in [-0.2, -0.15) is 5.10 Å². The lowest BCUT2D eigenvalue weighted by Gasteiger charge is -2.27. The molecule has 1 fully saturated rings. The lowest BCUT2D eigenvalue weighted by atomic mass is 10.1. The van der Waals surface area contributed by atoms with Crippen LogP contribution in [0.15, 0.2) is 29.9 Å². The Labute approximate surface area is 243 Å². The number of rotatable bonds is 11. The van der Waals surface area contributed by atoms with Gasteiger partial charge >= 0.3 is 6.09 Å². The Bertz CT molecular complexity index is 1340. The molecule has 0 aliphatic carbocycles. The monoisotopic (exact) mass is 583 g/mol. The Hall–Kier alpha value is -3.84. The SMILES string of the molecule is CC(C)(C)OC(=O)N(CCCc1cc(-c2nc(C=O)cs2)ccn1)CCNC(=O)c1nn(C2CCOCC2)cc1N. The quantitative estimate of drug-likeness (QED) is 0.321. The number of aldehydes is 1. The van der Waals surface area contributed by atoms with Crippen LogP contribution >= 0.6 is 11.3 Å². The molecule has 0 unspecified atom stereocenters. The van der Waals surface area contributed by atoms with E-state index in [1.807, 2.05) is 32.9 Å². The molecule has 4 rings (SSSR count). The van der Waals surface area contributed by atoms with E-state index in [1.165, 1.54) is 11.3 Å². The van der Waals surface area contributed by atoms with Crippen molar-refractivity contribution in [1.82, 2.24) is 30.0 Å². The second-order valence-electron chi connectivity index (χ2n) is 10.8. The molecule has 1 aliphatic heterocycles. The molecule has 3 aromatic rings. The van der Waals surface area contributed by atoms with E-state index >= 15 is 0 Å². The highest BCUT2D eigenvalue weighted by atomic mass is 32.1. The number of aromatic nitrogens is 4. The average molecular weight is 584 g/mol. The number of nitrogens with one attached hydrogen (secondary N) is 1. The van der Waals surface area contributed by atoms with Gasteiger partial charge in [-0.3, -0.25) is 19.3 Å². The first-order valence-corrected chi connectivity index (χ1v) is 14.6. The summed E-state index contributed by atoms with van der Waals surface area (Å²) in [6, 6.07) is 3.95. The summed E-state index contributed by atoms with van der Waals surface area (Å²) < 4.78 is 12.8. The van der Waals surface area contributed by atoms with E-state index in [1.54, 1.807) is 27.4 Å². The largest absolute Gasteiger partial charge is 0.444 e. The van der Waals surface area contributed by atoms with Crippen LogP contribution in [-0.4, -0.2) is 81.4 Å². The first kappa shape index (κ1) is 30.1. The van der Waals surface area contributed by atoms with Crippen molar-refractivity contribution in [3.05, 3.63) is 47.0 Å². The molecule has 41 heavy (non-hydrogen) atoms. The van der Waals surface area contributed by atoms with Crippen molar-refractivity contribution in [2.24, 2.45) is 0 Å². The van der Waals surface area contributed by atoms with Crippen LogP contribution < -0.4 is 11.1 Å². The molecule has 2 amide bonds. The number of nitrogens with two attached hydrogens (primary N) is 1. The van der Waals surface area contributed by atoms with Gasteiger partial charge in [0.05, 0.1) is 11.7 Å². The van der Waals surface area contributed by atoms with Crippen molar-refractivity contribution in [2.75, 3.05) is 38.6 Å². The Morgan fingerprint density at radius 3 is 2.78 bits per heavy atom. The topological polar surface area (TPSA) is 155 Å². The molecule has 12 nitrogen and oxygen atoms in total. The molecule has 4 heterocycles. The van der Waals surface area contributed by atoms with E-state index in [4.69, 9.17) is 15.2 Å². The summed E-state index contributed by atoms with van der Waals surface area (Å²) in [4.78, 5) is 47.1. The number of hydrogen-bond donors (Lipinski definition) is 2. The van der Waals surface area contributed by atoms with Crippen molar-refractivity contribution >= 4 is 35.3 Å². The minimum Gasteiger partial charge on any atom is -0.444 e. The third kappa shape index (κ3) is 8.57. The van der Waals surface area contributed by atoms with Crippen LogP contribution in [-0.2, 0) is 15.9 Å². The summed E-state index contributed by atoms with van der Waals surface area (Å²) in [5.41, 5.74) is 8.05. The molecule has 0 saturated carbocycles. The van der Waals surface area contributed by atoms with Gasteiger partial charge in [-0.25, -0.2) is 9.78 Å². The number of carbonyl (C=O) groups is 3. The fourth-order valence-electron chi connectivity index (χ4n) is 4.40. The first-order chi connectivity index (χ1) is 19.6. The molecule has 0 aromatic carbocycles. The molecule has 3 aromatic heterocycles. The van der Waals surface area contributed by atoms with Gasteiger partial charge in [0.1, 0.15) is 16.3 Å². The Morgan fingerprint density at radius 1 is 1.29 bits per heavy atom. The lowest BCUT2D eigenvalue weighted by molar-refractivity contribution is 0.0248. The second kappa shape index (κ2) is 13.7. The van der Waals surface area contributed by atoms with Gasteiger partial charge in [0, 0.05) is 61.9 Å². The minimum atomic E-state index is -0.659. The maximum absolute atomic E-state index is 12.9. The number of pyridine rings is 1. The van der Waals surface area contributed by atoms with Gasteiger partial charge in [-0.05, 0) is 58.6 Å². The Kier molecular flexibility index (Phi) is 10.1. The smallest absolute Gasteiger partial charge is 0.410 e. The molecule has 0 spiro atoms. The molecular weight excluding hydrogens is 546 g/mol. The van der Waals surface area contributed by atoms with Crippen LogP contribution in [0, 0.1) is 0 Å². The van der Waals surface area contributed by atoms with Crippen LogP contribution in [0.1, 0.15) is 72.7 Å². The lowest BCUT2D eigenvalue weighted by Crippen LogP contribution is -2.42. The van der Waals surface area contributed by atoms with E-state index in [0.29, 0.717) is 44.0 Å². The summed E-state index contributed by atoms with van der Waals surface area (Å²) in [6.45, 7) is 7.61. The highest BCUT2D eigenvalue weighted by molar-refractivity contribution is 7.13. The highest BCUT2D eigenvalue weighted by Gasteiger charge is 2.24. The molecule has 0 radical (unpaired) electrons. The zero-order chi connectivity index (χ0) is 29.4. The van der Waals surface area contributed by atoms with Gasteiger partial charge in [0.15, 0.2) is 12.0 Å². The molecular formula is C28H37N7O5S. The van der Waals surface area contributed by atoms with Gasteiger partial charge in [0.2, 0.25) is 0 Å². The number of anilines is 1. The van der Waals surface area contributed by atoms with E-state index in [-0.39, 0.29) is 24.8 Å². The third-order valence-corrected chi connectivity index (χ3v) is 7.34. The van der Waals surface area contributed by atoms with Crippen molar-refractivity contribution in [1.29, 1.82) is 0 Å². The minimum absolute atomic E-state index is 0.154. The van der Waals surface area contributed by atoms with Crippen LogP contribution in [0.3, 0.4) is 0 Å². The van der Waals surface area contributed by atoms with E-state index < -0.39 is 17.6 Å². The van der Waals surface area contributed by atoms with Crippen molar-refractivity contribution in [3.8, 4) is 10.6 Å². The molecule has 3 N–H and O–H groups in total. The van der Waals surface area contributed by atoms with Gasteiger partial charge < -0.3 is 25.4 Å². The molecule has 1 aliphatic rings. The normalized spacial score (nSPS) is 14.0. The second-order valence-corrected chi connectivity index (χ2v) is 11.7. The predicted molar refractivity (Wildman–Crippen MR) is 155 cm³/mol. The van der Waals surface area contributed by atoms with Crippen LogP contribution in [0.25, 0.3) is 10.6 Å². The molecule has 13 heteroatoms. The summed E-state index contributed by atoms with van der Waals surface area (Å²) in [7, 11) is 0. The zero-order valence-electron chi connectivity index (χ0n) is 23.7. The van der Waals surface area contributed by atoms with Crippen LogP contribution in [0.2, 0.25) is 0 Å². The van der Waals surface area contributed by atoms with Crippen LogP contribution in [0.4, 0.5) is 10.5 Å². The number of hydrogen-bond acceptors (Lipinski definition) is 10. The molecule has 220 valence electrons. The van der Waals surface area contributed by atoms with Gasteiger partial charge in [-0.1, -0.05) is 0 Å². The number of ether oxygens (including phenoxy) is 2.